The molecule has 5 heteroatoms. The van der Waals surface area contributed by atoms with E-state index in [2.05, 4.69) is 29.1 Å². The van der Waals surface area contributed by atoms with E-state index in [9.17, 15) is 0 Å². The molecule has 1 atom stereocenters. The summed E-state index contributed by atoms with van der Waals surface area (Å²) in [5, 5.41) is 3.34. The van der Waals surface area contributed by atoms with Gasteiger partial charge < -0.3 is 19.8 Å². The number of aromatic nitrogens is 2. The van der Waals surface area contributed by atoms with Gasteiger partial charge in [0.2, 0.25) is 0 Å². The van der Waals surface area contributed by atoms with Gasteiger partial charge in [-0.3, -0.25) is 0 Å². The van der Waals surface area contributed by atoms with Gasteiger partial charge in [0.1, 0.15) is 5.82 Å². The van der Waals surface area contributed by atoms with Crippen molar-refractivity contribution in [2.24, 2.45) is 0 Å². The van der Waals surface area contributed by atoms with Crippen molar-refractivity contribution >= 4 is 11.0 Å². The molecule has 0 saturated carbocycles. The SMILES string of the molecule is CCNCC(C)c1nc2cc3c(cc2[nH]1)OCCCO3. The lowest BCUT2D eigenvalue weighted by atomic mass is 10.2. The van der Waals surface area contributed by atoms with E-state index in [1.807, 2.05) is 12.1 Å². The van der Waals surface area contributed by atoms with Crippen LogP contribution in [0.15, 0.2) is 12.1 Å². The van der Waals surface area contributed by atoms with Crippen LogP contribution < -0.4 is 14.8 Å². The molecule has 20 heavy (non-hydrogen) atoms. The highest BCUT2D eigenvalue weighted by Gasteiger charge is 2.15. The molecule has 0 fully saturated rings. The summed E-state index contributed by atoms with van der Waals surface area (Å²) < 4.78 is 11.4. The Bertz CT molecular complexity index is 551. The number of fused-ring (bicyclic) bond motifs is 2. The van der Waals surface area contributed by atoms with Gasteiger partial charge in [0.25, 0.3) is 0 Å². The first-order valence-electron chi connectivity index (χ1n) is 7.28. The Morgan fingerprint density at radius 3 is 2.80 bits per heavy atom. The molecule has 3 rings (SSSR count). The van der Waals surface area contributed by atoms with Gasteiger partial charge >= 0.3 is 0 Å². The molecule has 2 N–H and O–H groups in total. The standard InChI is InChI=1S/C15H21N3O2/c1-3-16-9-10(2)15-17-11-7-13-14(8-12(11)18-15)20-6-4-5-19-13/h7-8,10,16H,3-6,9H2,1-2H3,(H,17,18). The van der Waals surface area contributed by atoms with Crippen LogP contribution in [0.2, 0.25) is 0 Å². The highest BCUT2D eigenvalue weighted by molar-refractivity contribution is 5.80. The van der Waals surface area contributed by atoms with Crippen LogP contribution in [0, 0.1) is 0 Å². The van der Waals surface area contributed by atoms with Crippen molar-refractivity contribution in [3.05, 3.63) is 18.0 Å². The van der Waals surface area contributed by atoms with Crippen molar-refractivity contribution in [2.75, 3.05) is 26.3 Å². The normalized spacial score (nSPS) is 16.1. The topological polar surface area (TPSA) is 59.2 Å². The molecule has 1 aliphatic heterocycles. The number of likely N-dealkylation sites (N-methyl/N-ethyl adjacent to an activating group) is 1. The summed E-state index contributed by atoms with van der Waals surface area (Å²) in [5.74, 6) is 2.96. The van der Waals surface area contributed by atoms with E-state index in [0.717, 1.165) is 47.9 Å². The Morgan fingerprint density at radius 2 is 2.05 bits per heavy atom. The lowest BCUT2D eigenvalue weighted by Gasteiger charge is -2.07. The summed E-state index contributed by atoms with van der Waals surface area (Å²) in [6.07, 6.45) is 0.918. The van der Waals surface area contributed by atoms with E-state index in [0.29, 0.717) is 19.1 Å². The zero-order chi connectivity index (χ0) is 13.9. The Balaban J connectivity index is 1.91. The average Bonchev–Trinajstić information content (AvgIpc) is 2.73. The Hall–Kier alpha value is -1.75. The minimum atomic E-state index is 0.351. The fourth-order valence-electron chi connectivity index (χ4n) is 2.38. The smallest absolute Gasteiger partial charge is 0.163 e. The van der Waals surface area contributed by atoms with Crippen LogP contribution in [0.1, 0.15) is 32.0 Å². The Kier molecular flexibility index (Phi) is 3.78. The third kappa shape index (κ3) is 2.58. The van der Waals surface area contributed by atoms with Gasteiger partial charge in [-0.1, -0.05) is 13.8 Å². The third-order valence-corrected chi connectivity index (χ3v) is 3.54. The molecule has 1 unspecified atom stereocenters. The first kappa shape index (κ1) is 13.2. The minimum absolute atomic E-state index is 0.351. The maximum atomic E-state index is 5.71. The Labute approximate surface area is 118 Å². The molecular weight excluding hydrogens is 254 g/mol. The van der Waals surface area contributed by atoms with Crippen LogP contribution in [0.5, 0.6) is 11.5 Å². The second kappa shape index (κ2) is 5.71. The molecule has 0 radical (unpaired) electrons. The van der Waals surface area contributed by atoms with E-state index in [1.165, 1.54) is 0 Å². The summed E-state index contributed by atoms with van der Waals surface area (Å²) in [6, 6.07) is 3.96. The first-order chi connectivity index (χ1) is 9.78. The minimum Gasteiger partial charge on any atom is -0.489 e. The van der Waals surface area contributed by atoms with Gasteiger partial charge in [0.15, 0.2) is 11.5 Å². The van der Waals surface area contributed by atoms with Gasteiger partial charge in [-0.2, -0.15) is 0 Å². The molecule has 2 aromatic rings. The van der Waals surface area contributed by atoms with Gasteiger partial charge in [0.05, 0.1) is 24.2 Å². The number of hydrogen-bond acceptors (Lipinski definition) is 4. The number of nitrogens with zero attached hydrogens (tertiary/aromatic N) is 1. The maximum Gasteiger partial charge on any atom is 0.163 e. The molecule has 0 aliphatic carbocycles. The number of imidazole rings is 1. The van der Waals surface area contributed by atoms with Crippen LogP contribution in [0.25, 0.3) is 11.0 Å². The Morgan fingerprint density at radius 1 is 1.30 bits per heavy atom. The number of aromatic amines is 1. The average molecular weight is 275 g/mol. The van der Waals surface area contributed by atoms with Gasteiger partial charge in [-0.05, 0) is 6.54 Å². The fraction of sp³-hybridized carbons (Fsp3) is 0.533. The molecule has 2 heterocycles. The van der Waals surface area contributed by atoms with Crippen molar-refractivity contribution in [3.63, 3.8) is 0 Å². The number of nitrogens with one attached hydrogen (secondary N) is 2. The summed E-state index contributed by atoms with van der Waals surface area (Å²) in [7, 11) is 0. The number of rotatable bonds is 4. The van der Waals surface area contributed by atoms with Crippen molar-refractivity contribution in [1.29, 1.82) is 0 Å². The van der Waals surface area contributed by atoms with Crippen LogP contribution in [-0.4, -0.2) is 36.3 Å². The third-order valence-electron chi connectivity index (χ3n) is 3.54. The van der Waals surface area contributed by atoms with Crippen LogP contribution in [0.4, 0.5) is 0 Å². The molecule has 0 amide bonds. The van der Waals surface area contributed by atoms with E-state index < -0.39 is 0 Å². The van der Waals surface area contributed by atoms with E-state index in [-0.39, 0.29) is 0 Å². The van der Waals surface area contributed by atoms with Crippen LogP contribution >= 0.6 is 0 Å². The van der Waals surface area contributed by atoms with Crippen LogP contribution in [-0.2, 0) is 0 Å². The predicted octanol–water partition coefficient (Wildman–Crippen LogP) is 2.44. The van der Waals surface area contributed by atoms with E-state index in [1.54, 1.807) is 0 Å². The molecule has 0 saturated heterocycles. The molecule has 1 aromatic heterocycles. The quantitative estimate of drug-likeness (QED) is 0.899. The molecule has 0 bridgehead atoms. The van der Waals surface area contributed by atoms with Gasteiger partial charge in [0, 0.05) is 31.0 Å². The molecule has 108 valence electrons. The highest BCUT2D eigenvalue weighted by atomic mass is 16.5. The summed E-state index contributed by atoms with van der Waals surface area (Å²) in [5.41, 5.74) is 1.94. The number of hydrogen-bond donors (Lipinski definition) is 2. The number of ether oxygens (including phenoxy) is 2. The zero-order valence-corrected chi connectivity index (χ0v) is 12.0. The van der Waals surface area contributed by atoms with Crippen molar-refractivity contribution in [2.45, 2.75) is 26.2 Å². The zero-order valence-electron chi connectivity index (χ0n) is 12.0. The molecular formula is C15H21N3O2. The first-order valence-corrected chi connectivity index (χ1v) is 7.28. The highest BCUT2D eigenvalue weighted by Crippen LogP contribution is 2.33. The van der Waals surface area contributed by atoms with E-state index in [4.69, 9.17) is 9.47 Å². The van der Waals surface area contributed by atoms with E-state index >= 15 is 0 Å². The monoisotopic (exact) mass is 275 g/mol. The second-order valence-electron chi connectivity index (χ2n) is 5.20. The summed E-state index contributed by atoms with van der Waals surface area (Å²) in [6.45, 7) is 7.57. The fourth-order valence-corrected chi connectivity index (χ4v) is 2.38. The molecule has 1 aliphatic rings. The lowest BCUT2D eigenvalue weighted by molar-refractivity contribution is 0.297. The second-order valence-corrected chi connectivity index (χ2v) is 5.20. The van der Waals surface area contributed by atoms with Crippen LogP contribution in [0.3, 0.4) is 0 Å². The lowest BCUT2D eigenvalue weighted by Crippen LogP contribution is -2.19. The van der Waals surface area contributed by atoms with Crippen molar-refractivity contribution < 1.29 is 9.47 Å². The van der Waals surface area contributed by atoms with Crippen molar-refractivity contribution in [3.8, 4) is 11.5 Å². The number of H-pyrrole nitrogens is 1. The molecule has 0 spiro atoms. The molecule has 1 aromatic carbocycles. The van der Waals surface area contributed by atoms with Gasteiger partial charge in [-0.25, -0.2) is 4.98 Å². The predicted molar refractivity (Wildman–Crippen MR) is 78.7 cm³/mol. The van der Waals surface area contributed by atoms with Crippen molar-refractivity contribution in [1.82, 2.24) is 15.3 Å². The molecule has 5 nitrogen and oxygen atoms in total. The summed E-state index contributed by atoms with van der Waals surface area (Å²) in [4.78, 5) is 8.06. The van der Waals surface area contributed by atoms with Gasteiger partial charge in [-0.15, -0.1) is 0 Å². The number of benzene rings is 1. The maximum absolute atomic E-state index is 5.71. The summed E-state index contributed by atoms with van der Waals surface area (Å²) >= 11 is 0. The largest absolute Gasteiger partial charge is 0.489 e.